The second-order valence-electron chi connectivity index (χ2n) is 9.39. The molecule has 0 radical (unpaired) electrons. The van der Waals surface area contributed by atoms with Crippen LogP contribution in [0, 0.1) is 0 Å². The van der Waals surface area contributed by atoms with Gasteiger partial charge in [0.1, 0.15) is 11.4 Å². The van der Waals surface area contributed by atoms with Gasteiger partial charge in [-0.05, 0) is 76.8 Å². The van der Waals surface area contributed by atoms with E-state index in [1.165, 1.54) is 10.1 Å². The van der Waals surface area contributed by atoms with Crippen LogP contribution in [0.2, 0.25) is 0 Å². The largest absolute Gasteiger partial charge is 0.444 e. The van der Waals surface area contributed by atoms with Crippen molar-refractivity contribution in [3.63, 3.8) is 0 Å². The first-order chi connectivity index (χ1) is 15.1. The molecule has 0 saturated heterocycles. The summed E-state index contributed by atoms with van der Waals surface area (Å²) < 4.78 is 6.86. The molecule has 8 heteroatoms. The molecule has 3 N–H and O–H groups in total. The summed E-state index contributed by atoms with van der Waals surface area (Å²) >= 11 is 0. The third-order valence-electron chi connectivity index (χ3n) is 5.77. The number of ether oxygens (including phenoxy) is 1. The number of hydrogen-bond acceptors (Lipinski definition) is 6. The van der Waals surface area contributed by atoms with Crippen LogP contribution in [-0.4, -0.2) is 44.8 Å². The molecule has 0 bridgehead atoms. The van der Waals surface area contributed by atoms with Gasteiger partial charge in [0.05, 0.1) is 5.69 Å². The summed E-state index contributed by atoms with van der Waals surface area (Å²) in [6.07, 6.45) is 5.29. The van der Waals surface area contributed by atoms with Crippen LogP contribution in [0.5, 0.6) is 0 Å². The van der Waals surface area contributed by atoms with Crippen LogP contribution in [-0.2, 0) is 11.3 Å². The van der Waals surface area contributed by atoms with E-state index < -0.39 is 5.60 Å². The van der Waals surface area contributed by atoms with Gasteiger partial charge in [0.2, 0.25) is 0 Å². The summed E-state index contributed by atoms with van der Waals surface area (Å²) in [6, 6.07) is 10.2. The van der Waals surface area contributed by atoms with E-state index >= 15 is 0 Å². The summed E-state index contributed by atoms with van der Waals surface area (Å²) in [6.45, 7) is 9.61. The maximum absolute atomic E-state index is 12.0. The highest BCUT2D eigenvalue weighted by atomic mass is 16.6. The van der Waals surface area contributed by atoms with Crippen molar-refractivity contribution < 1.29 is 9.53 Å². The van der Waals surface area contributed by atoms with Gasteiger partial charge in [-0.25, -0.2) is 9.59 Å². The number of nitrogens with one attached hydrogen (secondary N) is 1. The molecule has 32 heavy (non-hydrogen) atoms. The predicted octanol–water partition coefficient (Wildman–Crippen LogP) is 3.47. The lowest BCUT2D eigenvalue weighted by Gasteiger charge is -2.36. The van der Waals surface area contributed by atoms with Crippen molar-refractivity contribution in [2.45, 2.75) is 77.6 Å². The predicted molar refractivity (Wildman–Crippen MR) is 126 cm³/mol. The molecule has 1 aromatic heterocycles. The molecule has 1 fully saturated rings. The minimum absolute atomic E-state index is 0.172. The van der Waals surface area contributed by atoms with Gasteiger partial charge in [-0.1, -0.05) is 19.1 Å². The smallest absolute Gasteiger partial charge is 0.407 e. The van der Waals surface area contributed by atoms with Gasteiger partial charge in [0.25, 0.3) is 0 Å². The van der Waals surface area contributed by atoms with Crippen molar-refractivity contribution in [1.29, 1.82) is 0 Å². The molecule has 1 aliphatic rings. The first kappa shape index (κ1) is 23.8. The van der Waals surface area contributed by atoms with E-state index in [1.807, 2.05) is 32.9 Å². The number of carbonyl (C=O) groups is 1. The Kier molecular flexibility index (Phi) is 7.56. The van der Waals surface area contributed by atoms with Gasteiger partial charge in [0.15, 0.2) is 0 Å². The number of amides is 1. The highest BCUT2D eigenvalue weighted by Crippen LogP contribution is 2.25. The minimum atomic E-state index is -0.478. The van der Waals surface area contributed by atoms with Gasteiger partial charge in [-0.3, -0.25) is 9.47 Å². The molecule has 1 aliphatic carbocycles. The second kappa shape index (κ2) is 10.2. The fourth-order valence-electron chi connectivity index (χ4n) is 4.17. The third-order valence-corrected chi connectivity index (χ3v) is 5.77. The molecule has 1 heterocycles. The number of hydrogen-bond donors (Lipinski definition) is 2. The van der Waals surface area contributed by atoms with Crippen LogP contribution in [0.25, 0.3) is 5.69 Å². The second-order valence-corrected chi connectivity index (χ2v) is 9.39. The molecular weight excluding hydrogens is 406 g/mol. The normalized spacial score (nSPS) is 19.0. The summed E-state index contributed by atoms with van der Waals surface area (Å²) in [5.74, 6) is 0.220. The fraction of sp³-hybridized carbons (Fsp3) is 0.542. The lowest BCUT2D eigenvalue weighted by molar-refractivity contribution is 0.0476. The molecule has 174 valence electrons. The molecule has 0 atom stereocenters. The number of anilines is 1. The number of alkyl carbamates (subject to hydrolysis) is 1. The van der Waals surface area contributed by atoms with E-state index in [2.05, 4.69) is 34.3 Å². The first-order valence-corrected chi connectivity index (χ1v) is 11.3. The zero-order valence-electron chi connectivity index (χ0n) is 19.5. The van der Waals surface area contributed by atoms with Crippen molar-refractivity contribution in [1.82, 2.24) is 19.8 Å². The van der Waals surface area contributed by atoms with E-state index in [1.54, 1.807) is 12.3 Å². The van der Waals surface area contributed by atoms with Crippen LogP contribution < -0.4 is 16.7 Å². The number of aromatic nitrogens is 2. The number of benzene rings is 1. The number of nitrogen functional groups attached to an aromatic ring is 1. The molecule has 1 aromatic carbocycles. The van der Waals surface area contributed by atoms with Gasteiger partial charge < -0.3 is 15.8 Å². The highest BCUT2D eigenvalue weighted by molar-refractivity contribution is 5.68. The molecule has 2 aromatic rings. The molecule has 8 nitrogen and oxygen atoms in total. The first-order valence-electron chi connectivity index (χ1n) is 11.3. The lowest BCUT2D eigenvalue weighted by atomic mass is 9.90. The molecule has 0 aliphatic heterocycles. The molecule has 1 amide bonds. The van der Waals surface area contributed by atoms with Gasteiger partial charge in [0, 0.05) is 24.8 Å². The average molecular weight is 442 g/mol. The Hall–Kier alpha value is -2.87. The van der Waals surface area contributed by atoms with Crippen LogP contribution in [0.1, 0.15) is 58.9 Å². The van der Waals surface area contributed by atoms with E-state index in [0.717, 1.165) is 44.5 Å². The van der Waals surface area contributed by atoms with Crippen LogP contribution in [0.3, 0.4) is 0 Å². The van der Waals surface area contributed by atoms with Crippen molar-refractivity contribution in [2.75, 3.05) is 12.3 Å². The quantitative estimate of drug-likeness (QED) is 0.712. The Morgan fingerprint density at radius 1 is 1.19 bits per heavy atom. The molecular formula is C24H35N5O3. The van der Waals surface area contributed by atoms with Crippen LogP contribution >= 0.6 is 0 Å². The van der Waals surface area contributed by atoms with Gasteiger partial charge >= 0.3 is 11.8 Å². The average Bonchev–Trinajstić information content (AvgIpc) is 2.72. The van der Waals surface area contributed by atoms with Crippen molar-refractivity contribution in [2.24, 2.45) is 0 Å². The van der Waals surface area contributed by atoms with Gasteiger partial charge in [-0.2, -0.15) is 4.98 Å². The number of carbonyl (C=O) groups excluding carboxylic acids is 1. The topological polar surface area (TPSA) is 102 Å². The minimum Gasteiger partial charge on any atom is -0.444 e. The number of nitrogens with two attached hydrogens (primary N) is 1. The van der Waals surface area contributed by atoms with Crippen molar-refractivity contribution >= 4 is 11.9 Å². The van der Waals surface area contributed by atoms with Crippen LogP contribution in [0.4, 0.5) is 10.6 Å². The summed E-state index contributed by atoms with van der Waals surface area (Å²) in [5.41, 5.74) is 6.67. The molecule has 1 saturated carbocycles. The number of nitrogens with zero attached hydrogens (tertiary/aromatic N) is 3. The summed E-state index contributed by atoms with van der Waals surface area (Å²) in [4.78, 5) is 30.3. The highest BCUT2D eigenvalue weighted by Gasteiger charge is 2.27. The number of rotatable bonds is 6. The van der Waals surface area contributed by atoms with E-state index in [9.17, 15) is 9.59 Å². The SMILES string of the molecule is CCN(Cc1ccc(-n2ccc(N)nc2=O)cc1)[C@H]1CC[C@H](NC(=O)OC(C)(C)C)CC1. The standard InChI is InChI=1S/C24H35N5O3/c1-5-28(19-12-8-18(9-13-19)26-23(31)32-24(2,3)4)16-17-6-10-20(11-7-17)29-15-14-21(25)27-22(29)30/h6-7,10-11,14-15,18-19H,5,8-9,12-13,16H2,1-4H3,(H,26,31)(H2,25,27,30)/t18-,19-. The van der Waals surface area contributed by atoms with E-state index in [4.69, 9.17) is 10.5 Å². The Morgan fingerprint density at radius 2 is 1.84 bits per heavy atom. The summed E-state index contributed by atoms with van der Waals surface area (Å²) in [5, 5.41) is 3.01. The molecule has 3 rings (SSSR count). The maximum atomic E-state index is 12.0. The summed E-state index contributed by atoms with van der Waals surface area (Å²) in [7, 11) is 0. The Morgan fingerprint density at radius 3 is 2.41 bits per heavy atom. The van der Waals surface area contributed by atoms with E-state index in [-0.39, 0.29) is 23.6 Å². The molecule has 0 spiro atoms. The van der Waals surface area contributed by atoms with Crippen molar-refractivity contribution in [3.05, 3.63) is 52.6 Å². The lowest BCUT2D eigenvalue weighted by Crippen LogP contribution is -2.45. The van der Waals surface area contributed by atoms with Crippen LogP contribution in [0.15, 0.2) is 41.3 Å². The van der Waals surface area contributed by atoms with Crippen molar-refractivity contribution in [3.8, 4) is 5.69 Å². The van der Waals surface area contributed by atoms with E-state index in [0.29, 0.717) is 6.04 Å². The molecule has 0 unspecified atom stereocenters. The van der Waals surface area contributed by atoms with Gasteiger partial charge in [-0.15, -0.1) is 0 Å². The Balaban J connectivity index is 1.54. The zero-order valence-corrected chi connectivity index (χ0v) is 19.5. The maximum Gasteiger partial charge on any atom is 0.407 e. The Labute approximate surface area is 189 Å². The fourth-order valence-corrected chi connectivity index (χ4v) is 4.17. The zero-order chi connectivity index (χ0) is 23.3. The third kappa shape index (κ3) is 6.56. The Bertz CT molecular complexity index is 957. The monoisotopic (exact) mass is 441 g/mol.